The molecule has 0 spiro atoms. The van der Waals surface area contributed by atoms with Crippen LogP contribution in [0.3, 0.4) is 0 Å². The van der Waals surface area contributed by atoms with Crippen LogP contribution in [0.1, 0.15) is 0 Å². The third-order valence-corrected chi connectivity index (χ3v) is 1.84. The zero-order chi connectivity index (χ0) is 13.2. The molecule has 10 nitrogen and oxygen atoms in total. The first-order valence-electron chi connectivity index (χ1n) is 4.03. The predicted molar refractivity (Wildman–Crippen MR) is 53.0 cm³/mol. The zero-order valence-electron chi connectivity index (χ0n) is 8.35. The molecule has 0 aliphatic heterocycles. The first-order valence-corrected chi connectivity index (χ1v) is 4.03. The smallest absolute Gasteiger partial charge is 0.325 e. The third kappa shape index (κ3) is 2.25. The molecule has 0 fully saturated rings. The van der Waals surface area contributed by atoms with Crippen molar-refractivity contribution in [2.24, 2.45) is 0 Å². The molecule has 0 saturated carbocycles. The molecule has 0 atom stereocenters. The Hall–Kier alpha value is -2.78. The lowest BCUT2D eigenvalue weighted by Gasteiger charge is -2.02. The molecule has 1 aromatic carbocycles. The average molecular weight is 243 g/mol. The summed E-state index contributed by atoms with van der Waals surface area (Å²) < 4.78 is 4.53. The van der Waals surface area contributed by atoms with E-state index in [1.165, 1.54) is 0 Å². The first-order chi connectivity index (χ1) is 7.88. The van der Waals surface area contributed by atoms with Gasteiger partial charge >= 0.3 is 11.4 Å². The number of nitrogens with zero attached hydrogens (tertiary/aromatic N) is 3. The lowest BCUT2D eigenvalue weighted by molar-refractivity contribution is -0.404. The second-order valence-corrected chi connectivity index (χ2v) is 2.79. The van der Waals surface area contributed by atoms with Gasteiger partial charge in [0.1, 0.15) is 0 Å². The van der Waals surface area contributed by atoms with Gasteiger partial charge in [0.15, 0.2) is 0 Å². The number of ether oxygens (including phenoxy) is 1. The summed E-state index contributed by atoms with van der Waals surface area (Å²) in [5, 5.41) is 31.7. The molecule has 1 rings (SSSR count). The second kappa shape index (κ2) is 4.38. The standard InChI is InChI=1S/C7H5N3O7/c1-17-7-5(9(13)14)2-4(8(11)12)3-6(7)10(15)16/h2-3H,1H3. The van der Waals surface area contributed by atoms with Gasteiger partial charge in [-0.1, -0.05) is 0 Å². The molecule has 0 radical (unpaired) electrons. The molecule has 90 valence electrons. The van der Waals surface area contributed by atoms with Crippen LogP contribution < -0.4 is 4.74 Å². The number of nitro benzene ring substituents is 3. The number of benzene rings is 1. The quantitative estimate of drug-likeness (QED) is 0.575. The Balaban J connectivity index is 3.63. The minimum Gasteiger partial charge on any atom is -0.485 e. The van der Waals surface area contributed by atoms with E-state index < -0.39 is 37.6 Å². The Labute approximate surface area is 92.9 Å². The van der Waals surface area contributed by atoms with Crippen LogP contribution in [0.4, 0.5) is 17.1 Å². The number of methoxy groups -OCH3 is 1. The Bertz CT molecular complexity index is 477. The lowest BCUT2D eigenvalue weighted by atomic mass is 10.2. The Morgan fingerprint density at radius 2 is 1.35 bits per heavy atom. The van der Waals surface area contributed by atoms with Crippen LogP contribution in [0, 0.1) is 30.3 Å². The number of hydrogen-bond acceptors (Lipinski definition) is 7. The van der Waals surface area contributed by atoms with Gasteiger partial charge in [-0.3, -0.25) is 30.3 Å². The fourth-order valence-corrected chi connectivity index (χ4v) is 1.17. The molecule has 0 aliphatic rings. The van der Waals surface area contributed by atoms with Crippen molar-refractivity contribution in [3.8, 4) is 5.75 Å². The normalized spacial score (nSPS) is 9.71. The summed E-state index contributed by atoms with van der Waals surface area (Å²) in [6.45, 7) is 0. The Morgan fingerprint density at radius 3 is 1.59 bits per heavy atom. The molecular formula is C7H5N3O7. The van der Waals surface area contributed by atoms with Crippen molar-refractivity contribution in [1.29, 1.82) is 0 Å². The highest BCUT2D eigenvalue weighted by atomic mass is 16.6. The minimum atomic E-state index is -0.987. The SMILES string of the molecule is COc1c([N+](=O)[O-])cc([N+](=O)[O-])cc1[N+](=O)[O-]. The van der Waals surface area contributed by atoms with E-state index >= 15 is 0 Å². The van der Waals surface area contributed by atoms with Gasteiger partial charge < -0.3 is 4.74 Å². The molecule has 0 aliphatic carbocycles. The van der Waals surface area contributed by atoms with Crippen molar-refractivity contribution in [3.63, 3.8) is 0 Å². The van der Waals surface area contributed by atoms with Gasteiger partial charge in [0, 0.05) is 0 Å². The fourth-order valence-electron chi connectivity index (χ4n) is 1.17. The van der Waals surface area contributed by atoms with Crippen LogP contribution in [0.2, 0.25) is 0 Å². The summed E-state index contributed by atoms with van der Waals surface area (Å²) in [6, 6.07) is 1.21. The first kappa shape index (κ1) is 12.3. The van der Waals surface area contributed by atoms with Crippen molar-refractivity contribution in [2.75, 3.05) is 7.11 Å². The molecule has 17 heavy (non-hydrogen) atoms. The fraction of sp³-hybridized carbons (Fsp3) is 0.143. The molecule has 0 saturated heterocycles. The largest absolute Gasteiger partial charge is 0.485 e. The van der Waals surface area contributed by atoms with Gasteiger partial charge in [0.05, 0.1) is 34.0 Å². The van der Waals surface area contributed by atoms with Gasteiger partial charge in [0.25, 0.3) is 11.4 Å². The van der Waals surface area contributed by atoms with E-state index in [9.17, 15) is 30.3 Å². The van der Waals surface area contributed by atoms with E-state index in [0.29, 0.717) is 12.1 Å². The van der Waals surface area contributed by atoms with Crippen molar-refractivity contribution < 1.29 is 19.5 Å². The van der Waals surface area contributed by atoms with E-state index in [1.54, 1.807) is 0 Å². The average Bonchev–Trinajstić information content (AvgIpc) is 2.26. The third-order valence-electron chi connectivity index (χ3n) is 1.84. The van der Waals surface area contributed by atoms with Crippen LogP contribution in [-0.4, -0.2) is 21.9 Å². The van der Waals surface area contributed by atoms with E-state index in [1.807, 2.05) is 0 Å². The maximum absolute atomic E-state index is 10.6. The summed E-state index contributed by atoms with van der Waals surface area (Å²) in [6.07, 6.45) is 0. The molecule has 0 N–H and O–H groups in total. The van der Waals surface area contributed by atoms with Crippen molar-refractivity contribution >= 4 is 17.1 Å². The van der Waals surface area contributed by atoms with Crippen LogP contribution in [-0.2, 0) is 0 Å². The van der Waals surface area contributed by atoms with Crippen molar-refractivity contribution in [1.82, 2.24) is 0 Å². The molecule has 0 unspecified atom stereocenters. The maximum atomic E-state index is 10.6. The van der Waals surface area contributed by atoms with Gasteiger partial charge in [-0.15, -0.1) is 0 Å². The number of rotatable bonds is 4. The van der Waals surface area contributed by atoms with Gasteiger partial charge in [-0.25, -0.2) is 0 Å². The van der Waals surface area contributed by atoms with Crippen LogP contribution in [0.25, 0.3) is 0 Å². The second-order valence-electron chi connectivity index (χ2n) is 2.79. The molecule has 0 heterocycles. The zero-order valence-corrected chi connectivity index (χ0v) is 8.35. The number of nitro groups is 3. The van der Waals surface area contributed by atoms with E-state index in [2.05, 4.69) is 4.74 Å². The van der Waals surface area contributed by atoms with E-state index in [0.717, 1.165) is 7.11 Å². The predicted octanol–water partition coefficient (Wildman–Crippen LogP) is 1.42. The van der Waals surface area contributed by atoms with E-state index in [4.69, 9.17) is 0 Å². The van der Waals surface area contributed by atoms with Crippen molar-refractivity contribution in [2.45, 2.75) is 0 Å². The van der Waals surface area contributed by atoms with Gasteiger partial charge in [-0.05, 0) is 0 Å². The summed E-state index contributed by atoms with van der Waals surface area (Å²) >= 11 is 0. The molecule has 0 bridgehead atoms. The molecular weight excluding hydrogens is 238 g/mol. The highest BCUT2D eigenvalue weighted by Crippen LogP contribution is 2.39. The highest BCUT2D eigenvalue weighted by Gasteiger charge is 2.31. The minimum absolute atomic E-state index is 0.603. The summed E-state index contributed by atoms with van der Waals surface area (Å²) in [4.78, 5) is 28.8. The molecule has 10 heteroatoms. The number of hydrogen-bond donors (Lipinski definition) is 0. The maximum Gasteiger partial charge on any atom is 0.325 e. The lowest BCUT2D eigenvalue weighted by Crippen LogP contribution is -2.01. The molecule has 0 aromatic heterocycles. The topological polar surface area (TPSA) is 139 Å². The highest BCUT2D eigenvalue weighted by molar-refractivity contribution is 5.65. The monoisotopic (exact) mass is 243 g/mol. The summed E-state index contributed by atoms with van der Waals surface area (Å²) in [5.41, 5.74) is -2.40. The molecule has 1 aromatic rings. The van der Waals surface area contributed by atoms with Crippen LogP contribution in [0.15, 0.2) is 12.1 Å². The Morgan fingerprint density at radius 1 is 0.941 bits per heavy atom. The van der Waals surface area contributed by atoms with Crippen LogP contribution in [0.5, 0.6) is 5.75 Å². The van der Waals surface area contributed by atoms with Crippen LogP contribution >= 0.6 is 0 Å². The van der Waals surface area contributed by atoms with Gasteiger partial charge in [0.2, 0.25) is 0 Å². The van der Waals surface area contributed by atoms with Crippen molar-refractivity contribution in [3.05, 3.63) is 42.5 Å². The summed E-state index contributed by atoms with van der Waals surface area (Å²) in [5.74, 6) is -0.620. The van der Waals surface area contributed by atoms with Gasteiger partial charge in [-0.2, -0.15) is 0 Å². The Kier molecular flexibility index (Phi) is 3.17. The number of non-ortho nitro benzene ring substituents is 1. The van der Waals surface area contributed by atoms with E-state index in [-0.39, 0.29) is 0 Å². The summed E-state index contributed by atoms with van der Waals surface area (Å²) in [7, 11) is 1.00. The molecule has 0 amide bonds.